The van der Waals surface area contributed by atoms with Gasteiger partial charge in [-0.15, -0.1) is 0 Å². The largest absolute Gasteiger partial charge is 0.459 e. The van der Waals surface area contributed by atoms with E-state index in [2.05, 4.69) is 44.9 Å². The number of benzene rings is 2. The maximum Gasteiger partial charge on any atom is 0.338 e. The molecule has 0 aromatic heterocycles. The second-order valence-corrected chi connectivity index (χ2v) is 9.08. The Hall–Kier alpha value is -2.92. The summed E-state index contributed by atoms with van der Waals surface area (Å²) in [5.41, 5.74) is 5.25. The molecular formula is C27H31NO4. The van der Waals surface area contributed by atoms with E-state index in [1.807, 2.05) is 24.3 Å². The predicted molar refractivity (Wildman–Crippen MR) is 124 cm³/mol. The van der Waals surface area contributed by atoms with Gasteiger partial charge in [0.1, 0.15) is 12.2 Å². The number of nitrogens with zero attached hydrogens (tertiary/aromatic N) is 1. The molecule has 0 aliphatic carbocycles. The lowest BCUT2D eigenvalue weighted by Gasteiger charge is -2.36. The Kier molecular flexibility index (Phi) is 6.47. The van der Waals surface area contributed by atoms with Gasteiger partial charge in [-0.05, 0) is 68.3 Å². The van der Waals surface area contributed by atoms with Crippen LogP contribution in [0.15, 0.2) is 48.5 Å². The van der Waals surface area contributed by atoms with Crippen LogP contribution in [0.4, 0.5) is 0 Å². The van der Waals surface area contributed by atoms with Crippen LogP contribution in [0.25, 0.3) is 6.08 Å². The fourth-order valence-corrected chi connectivity index (χ4v) is 4.91. The Labute approximate surface area is 190 Å². The van der Waals surface area contributed by atoms with Crippen molar-refractivity contribution >= 4 is 18.0 Å². The first-order chi connectivity index (χ1) is 15.3. The summed E-state index contributed by atoms with van der Waals surface area (Å²) in [7, 11) is 2.06. The standard InChI is InChI=1S/C27H31NO4/c1-17-12-20(13-18(2)19(17)3)10-11-26(29)31-23-14-22-15-25(24(16-23)28(22)4)32-27(30)21-8-6-5-7-9-21/h5-13,22-25H,14-16H2,1-4H3/t22-,23-,24+,25-/m0/s1. The van der Waals surface area contributed by atoms with E-state index in [1.165, 1.54) is 22.8 Å². The van der Waals surface area contributed by atoms with Gasteiger partial charge in [0.2, 0.25) is 0 Å². The van der Waals surface area contributed by atoms with Crippen molar-refractivity contribution in [1.29, 1.82) is 0 Å². The van der Waals surface area contributed by atoms with E-state index in [4.69, 9.17) is 9.47 Å². The molecule has 2 aromatic carbocycles. The Bertz CT molecular complexity index is 1010. The molecule has 5 nitrogen and oxygen atoms in total. The van der Waals surface area contributed by atoms with Gasteiger partial charge < -0.3 is 9.47 Å². The third-order valence-electron chi connectivity index (χ3n) is 6.98. The lowest BCUT2D eigenvalue weighted by atomic mass is 10.00. The molecule has 0 amide bonds. The highest BCUT2D eigenvalue weighted by molar-refractivity contribution is 5.89. The molecule has 2 bridgehead atoms. The molecule has 2 aliphatic heterocycles. The van der Waals surface area contributed by atoms with Gasteiger partial charge in [0.05, 0.1) is 11.6 Å². The number of rotatable bonds is 5. The third-order valence-corrected chi connectivity index (χ3v) is 6.98. The lowest BCUT2D eigenvalue weighted by molar-refractivity contribution is -0.146. The van der Waals surface area contributed by atoms with Crippen LogP contribution in [-0.2, 0) is 14.3 Å². The molecule has 4 rings (SSSR count). The normalized spacial score (nSPS) is 25.1. The fraction of sp³-hybridized carbons (Fsp3) is 0.407. The average Bonchev–Trinajstić information content (AvgIpc) is 2.94. The summed E-state index contributed by atoms with van der Waals surface area (Å²) < 4.78 is 11.6. The molecule has 0 radical (unpaired) electrons. The zero-order chi connectivity index (χ0) is 22.8. The van der Waals surface area contributed by atoms with E-state index < -0.39 is 0 Å². The molecule has 2 aromatic rings. The Morgan fingerprint density at radius 1 is 0.969 bits per heavy atom. The van der Waals surface area contributed by atoms with Gasteiger partial charge >= 0.3 is 11.9 Å². The van der Waals surface area contributed by atoms with Crippen molar-refractivity contribution in [2.45, 2.75) is 64.3 Å². The molecule has 2 heterocycles. The minimum absolute atomic E-state index is 0.0607. The van der Waals surface area contributed by atoms with Crippen LogP contribution in [0, 0.1) is 20.8 Å². The molecule has 5 heteroatoms. The number of fused-ring (bicyclic) bond motifs is 2. The number of carbonyl (C=O) groups is 2. The number of likely N-dealkylation sites (N-methyl/N-ethyl adjacent to an activating group) is 1. The van der Waals surface area contributed by atoms with Gasteiger partial charge in [0.15, 0.2) is 0 Å². The Balaban J connectivity index is 1.35. The van der Waals surface area contributed by atoms with Crippen molar-refractivity contribution in [1.82, 2.24) is 4.90 Å². The molecule has 32 heavy (non-hydrogen) atoms. The fourth-order valence-electron chi connectivity index (χ4n) is 4.91. The Morgan fingerprint density at radius 3 is 2.34 bits per heavy atom. The van der Waals surface area contributed by atoms with Gasteiger partial charge in [-0.2, -0.15) is 0 Å². The smallest absolute Gasteiger partial charge is 0.338 e. The van der Waals surface area contributed by atoms with E-state index in [0.717, 1.165) is 18.4 Å². The van der Waals surface area contributed by atoms with E-state index >= 15 is 0 Å². The molecule has 0 saturated carbocycles. The second kappa shape index (κ2) is 9.29. The monoisotopic (exact) mass is 433 g/mol. The van der Waals surface area contributed by atoms with Gasteiger partial charge in [0.25, 0.3) is 0 Å². The summed E-state index contributed by atoms with van der Waals surface area (Å²) in [6.07, 6.45) is 5.17. The van der Waals surface area contributed by atoms with Crippen molar-refractivity contribution in [3.63, 3.8) is 0 Å². The maximum absolute atomic E-state index is 12.5. The van der Waals surface area contributed by atoms with Crippen LogP contribution in [0.1, 0.15) is 51.9 Å². The summed E-state index contributed by atoms with van der Waals surface area (Å²) in [6, 6.07) is 13.5. The maximum atomic E-state index is 12.5. The van der Waals surface area contributed by atoms with Crippen LogP contribution in [-0.4, -0.2) is 48.2 Å². The number of piperidine rings is 1. The van der Waals surface area contributed by atoms with Crippen LogP contribution >= 0.6 is 0 Å². The van der Waals surface area contributed by atoms with Crippen molar-refractivity contribution in [3.05, 3.63) is 76.4 Å². The van der Waals surface area contributed by atoms with Crippen LogP contribution in [0.2, 0.25) is 0 Å². The predicted octanol–water partition coefficient (Wildman–Crippen LogP) is 4.63. The molecule has 2 fully saturated rings. The summed E-state index contributed by atoms with van der Waals surface area (Å²) in [5.74, 6) is -0.621. The van der Waals surface area contributed by atoms with Gasteiger partial charge in [-0.25, -0.2) is 9.59 Å². The highest BCUT2D eigenvalue weighted by Crippen LogP contribution is 2.37. The highest BCUT2D eigenvalue weighted by Gasteiger charge is 2.47. The van der Waals surface area contributed by atoms with E-state index in [-0.39, 0.29) is 36.2 Å². The van der Waals surface area contributed by atoms with E-state index in [0.29, 0.717) is 12.0 Å². The minimum atomic E-state index is -0.326. The first-order valence-corrected chi connectivity index (χ1v) is 11.3. The van der Waals surface area contributed by atoms with Crippen LogP contribution in [0.3, 0.4) is 0 Å². The first-order valence-electron chi connectivity index (χ1n) is 11.3. The number of carbonyl (C=O) groups excluding carboxylic acids is 2. The molecule has 0 spiro atoms. The van der Waals surface area contributed by atoms with Gasteiger partial charge in [-0.3, -0.25) is 4.90 Å². The molecule has 2 aliphatic rings. The SMILES string of the molecule is Cc1cc(C=CC(=O)O[C@H]2C[C@H]3C[C@H](OC(=O)c4ccccc4)[C@@H](C2)N3C)cc(C)c1C. The highest BCUT2D eigenvalue weighted by atomic mass is 16.6. The number of esters is 2. The first kappa shape index (κ1) is 22.3. The van der Waals surface area contributed by atoms with Crippen molar-refractivity contribution in [2.75, 3.05) is 7.05 Å². The summed E-state index contributed by atoms with van der Waals surface area (Å²) >= 11 is 0. The third kappa shape index (κ3) is 4.78. The summed E-state index contributed by atoms with van der Waals surface area (Å²) in [6.45, 7) is 6.26. The van der Waals surface area contributed by atoms with E-state index in [9.17, 15) is 9.59 Å². The second-order valence-electron chi connectivity index (χ2n) is 9.08. The zero-order valence-electron chi connectivity index (χ0n) is 19.2. The number of aryl methyl sites for hydroxylation is 2. The molecule has 168 valence electrons. The summed E-state index contributed by atoms with van der Waals surface area (Å²) in [4.78, 5) is 27.2. The number of hydrogen-bond acceptors (Lipinski definition) is 5. The minimum Gasteiger partial charge on any atom is -0.459 e. The molecule has 2 saturated heterocycles. The molecule has 0 unspecified atom stereocenters. The van der Waals surface area contributed by atoms with Crippen LogP contribution in [0.5, 0.6) is 0 Å². The Morgan fingerprint density at radius 2 is 1.66 bits per heavy atom. The quantitative estimate of drug-likeness (QED) is 0.508. The molecule has 4 atom stereocenters. The number of ether oxygens (including phenoxy) is 2. The van der Waals surface area contributed by atoms with E-state index in [1.54, 1.807) is 12.1 Å². The molecule has 0 N–H and O–H groups in total. The van der Waals surface area contributed by atoms with Crippen molar-refractivity contribution in [2.24, 2.45) is 0 Å². The summed E-state index contributed by atoms with van der Waals surface area (Å²) in [5, 5.41) is 0. The van der Waals surface area contributed by atoms with Crippen molar-refractivity contribution < 1.29 is 19.1 Å². The topological polar surface area (TPSA) is 55.8 Å². The average molecular weight is 434 g/mol. The van der Waals surface area contributed by atoms with Crippen molar-refractivity contribution in [3.8, 4) is 0 Å². The van der Waals surface area contributed by atoms with Crippen LogP contribution < -0.4 is 0 Å². The van der Waals surface area contributed by atoms with Gasteiger partial charge in [-0.1, -0.05) is 30.3 Å². The zero-order valence-corrected chi connectivity index (χ0v) is 19.2. The lowest BCUT2D eigenvalue weighted by Crippen LogP contribution is -2.46. The van der Waals surface area contributed by atoms with Gasteiger partial charge in [0, 0.05) is 31.4 Å². The number of hydrogen-bond donors (Lipinski definition) is 0. The molecular weight excluding hydrogens is 402 g/mol.